The normalized spacial score (nSPS) is 20.3. The first kappa shape index (κ1) is 7.59. The summed E-state index contributed by atoms with van der Waals surface area (Å²) in [6.45, 7) is 6.00. The minimum atomic E-state index is 0.859. The van der Waals surface area contributed by atoms with Gasteiger partial charge in [-0.1, -0.05) is 32.1 Å². The van der Waals surface area contributed by atoms with E-state index < -0.39 is 0 Å². The number of rotatable bonds is 3. The second-order valence-electron chi connectivity index (χ2n) is 2.94. The third-order valence-corrected chi connectivity index (χ3v) is 2.25. The second kappa shape index (κ2) is 3.60. The molecule has 0 heterocycles. The molecule has 0 aromatic heterocycles. The summed E-state index contributed by atoms with van der Waals surface area (Å²) in [5, 5.41) is 0. The minimum absolute atomic E-state index is 0.859. The largest absolute Gasteiger partial charge is 0.0988 e. The van der Waals surface area contributed by atoms with Gasteiger partial charge in [0.2, 0.25) is 0 Å². The fourth-order valence-electron chi connectivity index (χ4n) is 1.39. The molecule has 1 aliphatic carbocycles. The van der Waals surface area contributed by atoms with Gasteiger partial charge in [0.05, 0.1) is 0 Å². The monoisotopic (exact) mass is 136 g/mol. The molecule has 0 aromatic carbocycles. The molecule has 0 heteroatoms. The highest BCUT2D eigenvalue weighted by Gasteiger charge is 2.18. The van der Waals surface area contributed by atoms with Gasteiger partial charge in [0.1, 0.15) is 0 Å². The van der Waals surface area contributed by atoms with Gasteiger partial charge in [-0.2, -0.15) is 0 Å². The Bertz CT molecular complexity index is 138. The highest BCUT2D eigenvalue weighted by Crippen LogP contribution is 2.33. The van der Waals surface area contributed by atoms with E-state index in [4.69, 9.17) is 0 Å². The average molecular weight is 136 g/mol. The molecule has 0 atom stereocenters. The summed E-state index contributed by atoms with van der Waals surface area (Å²) < 4.78 is 0. The molecule has 1 fully saturated rings. The van der Waals surface area contributed by atoms with Crippen LogP contribution in [0.15, 0.2) is 24.3 Å². The van der Waals surface area contributed by atoms with Crippen LogP contribution in [0.5, 0.6) is 0 Å². The van der Waals surface area contributed by atoms with Gasteiger partial charge in [-0.3, -0.25) is 0 Å². The van der Waals surface area contributed by atoms with Crippen molar-refractivity contribution in [2.24, 2.45) is 5.92 Å². The van der Waals surface area contributed by atoms with Crippen LogP contribution in [0.3, 0.4) is 0 Å². The third kappa shape index (κ3) is 1.50. The minimum Gasteiger partial charge on any atom is -0.0988 e. The summed E-state index contributed by atoms with van der Waals surface area (Å²) in [6, 6.07) is 0. The Kier molecular flexibility index (Phi) is 2.73. The summed E-state index contributed by atoms with van der Waals surface area (Å²) in [4.78, 5) is 0. The van der Waals surface area contributed by atoms with Gasteiger partial charge in [0, 0.05) is 0 Å². The Hall–Kier alpha value is -0.520. The Morgan fingerprint density at radius 2 is 2.30 bits per heavy atom. The molecular formula is C10H16. The summed E-state index contributed by atoms with van der Waals surface area (Å²) in [5.74, 6) is 0.859. The molecule has 0 unspecified atom stereocenters. The van der Waals surface area contributed by atoms with Gasteiger partial charge >= 0.3 is 0 Å². The van der Waals surface area contributed by atoms with Crippen LogP contribution in [0.25, 0.3) is 0 Å². The smallest absolute Gasteiger partial charge is 0.0165 e. The molecular weight excluding hydrogens is 120 g/mol. The van der Waals surface area contributed by atoms with E-state index in [1.54, 1.807) is 0 Å². The quantitative estimate of drug-likeness (QED) is 0.522. The van der Waals surface area contributed by atoms with Crippen LogP contribution in [0.1, 0.15) is 32.6 Å². The van der Waals surface area contributed by atoms with E-state index in [0.717, 1.165) is 12.3 Å². The summed E-state index contributed by atoms with van der Waals surface area (Å²) in [7, 11) is 0. The highest BCUT2D eigenvalue weighted by atomic mass is 14.2. The van der Waals surface area contributed by atoms with E-state index in [2.05, 4.69) is 19.6 Å². The van der Waals surface area contributed by atoms with Crippen LogP contribution in [-0.2, 0) is 0 Å². The molecule has 0 aliphatic heterocycles. The predicted octanol–water partition coefficient (Wildman–Crippen LogP) is 3.31. The first-order chi connectivity index (χ1) is 4.88. The third-order valence-electron chi connectivity index (χ3n) is 2.25. The van der Waals surface area contributed by atoms with Gasteiger partial charge in [0.25, 0.3) is 0 Å². The molecule has 0 saturated heterocycles. The van der Waals surface area contributed by atoms with Crippen molar-refractivity contribution in [3.8, 4) is 0 Å². The standard InChI is InChI=1S/C10H16/c1-3-6-9(4-2)10-7-5-8-10/h4,6,10H,2-3,5,7-8H2,1H3/b9-6+. The maximum atomic E-state index is 3.81. The average Bonchev–Trinajstić information content (AvgIpc) is 1.83. The molecule has 0 amide bonds. The number of hydrogen-bond donors (Lipinski definition) is 0. The molecule has 1 aliphatic rings. The van der Waals surface area contributed by atoms with Gasteiger partial charge in [0.15, 0.2) is 0 Å². The Labute approximate surface area is 63.6 Å². The van der Waals surface area contributed by atoms with Crippen molar-refractivity contribution < 1.29 is 0 Å². The van der Waals surface area contributed by atoms with Crippen LogP contribution < -0.4 is 0 Å². The Balaban J connectivity index is 2.46. The first-order valence-corrected chi connectivity index (χ1v) is 4.21. The summed E-state index contributed by atoms with van der Waals surface area (Å²) in [5.41, 5.74) is 1.48. The molecule has 0 aromatic rings. The van der Waals surface area contributed by atoms with Crippen molar-refractivity contribution in [3.05, 3.63) is 24.3 Å². The molecule has 0 spiro atoms. The molecule has 56 valence electrons. The zero-order valence-electron chi connectivity index (χ0n) is 6.77. The van der Waals surface area contributed by atoms with E-state index in [0.29, 0.717) is 0 Å². The van der Waals surface area contributed by atoms with E-state index in [-0.39, 0.29) is 0 Å². The second-order valence-corrected chi connectivity index (χ2v) is 2.94. The number of hydrogen-bond acceptors (Lipinski definition) is 0. The van der Waals surface area contributed by atoms with Gasteiger partial charge in [-0.05, 0) is 30.8 Å². The van der Waals surface area contributed by atoms with Crippen LogP contribution in [0, 0.1) is 5.92 Å². The highest BCUT2D eigenvalue weighted by molar-refractivity contribution is 5.21. The molecule has 1 rings (SSSR count). The maximum absolute atomic E-state index is 3.81. The summed E-state index contributed by atoms with van der Waals surface area (Å²) >= 11 is 0. The molecule has 0 N–H and O–H groups in total. The molecule has 1 saturated carbocycles. The lowest BCUT2D eigenvalue weighted by molar-refractivity contribution is 0.373. The fraction of sp³-hybridized carbons (Fsp3) is 0.600. The van der Waals surface area contributed by atoms with Crippen LogP contribution >= 0.6 is 0 Å². The van der Waals surface area contributed by atoms with Crippen molar-refractivity contribution in [1.82, 2.24) is 0 Å². The predicted molar refractivity (Wildman–Crippen MR) is 45.9 cm³/mol. The van der Waals surface area contributed by atoms with Crippen LogP contribution in [-0.4, -0.2) is 0 Å². The zero-order valence-corrected chi connectivity index (χ0v) is 6.77. The van der Waals surface area contributed by atoms with Crippen molar-refractivity contribution in [2.75, 3.05) is 0 Å². The lowest BCUT2D eigenvalue weighted by atomic mass is 9.79. The van der Waals surface area contributed by atoms with Crippen molar-refractivity contribution >= 4 is 0 Å². The lowest BCUT2D eigenvalue weighted by Gasteiger charge is -2.26. The molecule has 0 nitrogen and oxygen atoms in total. The van der Waals surface area contributed by atoms with E-state index in [9.17, 15) is 0 Å². The molecule has 0 radical (unpaired) electrons. The van der Waals surface area contributed by atoms with Crippen LogP contribution in [0.2, 0.25) is 0 Å². The van der Waals surface area contributed by atoms with Gasteiger partial charge < -0.3 is 0 Å². The topological polar surface area (TPSA) is 0 Å². The van der Waals surface area contributed by atoms with Gasteiger partial charge in [-0.25, -0.2) is 0 Å². The first-order valence-electron chi connectivity index (χ1n) is 4.21. The number of allylic oxidation sites excluding steroid dienone is 3. The summed E-state index contributed by atoms with van der Waals surface area (Å²) in [6.07, 6.45) is 9.66. The van der Waals surface area contributed by atoms with Crippen LogP contribution in [0.4, 0.5) is 0 Å². The van der Waals surface area contributed by atoms with E-state index in [1.165, 1.54) is 24.8 Å². The van der Waals surface area contributed by atoms with Gasteiger partial charge in [-0.15, -0.1) is 0 Å². The van der Waals surface area contributed by atoms with E-state index in [1.807, 2.05) is 6.08 Å². The maximum Gasteiger partial charge on any atom is -0.0165 e. The van der Waals surface area contributed by atoms with Crippen molar-refractivity contribution in [2.45, 2.75) is 32.6 Å². The fourth-order valence-corrected chi connectivity index (χ4v) is 1.39. The lowest BCUT2D eigenvalue weighted by Crippen LogP contribution is -2.12. The molecule has 0 bridgehead atoms. The molecule has 10 heavy (non-hydrogen) atoms. The van der Waals surface area contributed by atoms with Crippen molar-refractivity contribution in [1.29, 1.82) is 0 Å². The SMILES string of the molecule is C=C/C(=C\CC)C1CCC1. The van der Waals surface area contributed by atoms with Crippen molar-refractivity contribution in [3.63, 3.8) is 0 Å². The zero-order chi connectivity index (χ0) is 7.40. The van der Waals surface area contributed by atoms with E-state index >= 15 is 0 Å². The Morgan fingerprint density at radius 1 is 1.60 bits per heavy atom. The Morgan fingerprint density at radius 3 is 2.60 bits per heavy atom.